The normalized spacial score (nSPS) is 19.8. The molecule has 1 amide bonds. The standard InChI is InChI=1S/C32H38BrN3O4/c1-31(2,3)40-30(38)36-16-21(17-36)35-12-10-19(11-13-35)18-39-22-7-9-23-25(15-22)32(4,5)29-27(28(23)37)24-8-6-20(33)14-26(24)34-29/h6-9,14-15,19,21,34H,10-13,16-18H2,1-5H3. The molecule has 1 aromatic heterocycles. The third-order valence-corrected chi connectivity index (χ3v) is 9.18. The second-order valence-electron chi connectivity index (χ2n) is 13.1. The molecule has 0 bridgehead atoms. The second kappa shape index (κ2) is 9.91. The largest absolute Gasteiger partial charge is 0.493 e. The molecule has 1 aliphatic carbocycles. The first kappa shape index (κ1) is 27.3. The first-order valence-electron chi connectivity index (χ1n) is 14.3. The quantitative estimate of drug-likeness (QED) is 0.366. The summed E-state index contributed by atoms with van der Waals surface area (Å²) < 4.78 is 12.8. The van der Waals surface area contributed by atoms with Crippen molar-refractivity contribution < 1.29 is 19.1 Å². The number of ketones is 1. The fourth-order valence-corrected chi connectivity index (χ4v) is 6.69. The molecule has 3 aliphatic rings. The summed E-state index contributed by atoms with van der Waals surface area (Å²) in [6.45, 7) is 14.2. The van der Waals surface area contributed by atoms with Crippen molar-refractivity contribution in [3.8, 4) is 5.75 Å². The number of likely N-dealkylation sites (tertiary alicyclic amines) is 2. The number of nitrogens with zero attached hydrogens (tertiary/aromatic N) is 2. The van der Waals surface area contributed by atoms with Gasteiger partial charge in [0.05, 0.1) is 12.2 Å². The third-order valence-electron chi connectivity index (χ3n) is 8.69. The van der Waals surface area contributed by atoms with Gasteiger partial charge in [-0.25, -0.2) is 4.79 Å². The Kier molecular flexibility index (Phi) is 6.77. The molecule has 6 rings (SSSR count). The minimum absolute atomic E-state index is 0.0676. The Balaban J connectivity index is 1.06. The van der Waals surface area contributed by atoms with E-state index >= 15 is 0 Å². The maximum absolute atomic E-state index is 13.6. The Morgan fingerprint density at radius 1 is 1.10 bits per heavy atom. The van der Waals surface area contributed by atoms with Crippen LogP contribution in [0.4, 0.5) is 4.79 Å². The Hall–Kier alpha value is -2.84. The second-order valence-corrected chi connectivity index (χ2v) is 14.0. The van der Waals surface area contributed by atoms with E-state index in [0.29, 0.717) is 18.6 Å². The molecule has 0 spiro atoms. The lowest BCUT2D eigenvalue weighted by Gasteiger charge is -2.47. The van der Waals surface area contributed by atoms with Crippen LogP contribution in [0.1, 0.15) is 74.6 Å². The fraction of sp³-hybridized carbons (Fsp3) is 0.500. The topological polar surface area (TPSA) is 74.9 Å². The number of piperidine rings is 1. The molecule has 2 fully saturated rings. The van der Waals surface area contributed by atoms with E-state index in [-0.39, 0.29) is 17.3 Å². The maximum Gasteiger partial charge on any atom is 0.410 e. The van der Waals surface area contributed by atoms with E-state index in [0.717, 1.165) is 82.5 Å². The molecule has 0 atom stereocenters. The Morgan fingerprint density at radius 3 is 2.52 bits per heavy atom. The number of nitrogens with one attached hydrogen (secondary N) is 1. The summed E-state index contributed by atoms with van der Waals surface area (Å²) in [5.41, 5.74) is 3.65. The number of rotatable bonds is 4. The van der Waals surface area contributed by atoms with Crippen molar-refractivity contribution in [2.75, 3.05) is 32.8 Å². The highest BCUT2D eigenvalue weighted by atomic mass is 79.9. The summed E-state index contributed by atoms with van der Waals surface area (Å²) >= 11 is 3.55. The van der Waals surface area contributed by atoms with Crippen LogP contribution >= 0.6 is 15.9 Å². The van der Waals surface area contributed by atoms with E-state index in [1.165, 1.54) is 0 Å². The first-order valence-corrected chi connectivity index (χ1v) is 15.1. The predicted molar refractivity (Wildman–Crippen MR) is 159 cm³/mol. The van der Waals surface area contributed by atoms with Gasteiger partial charge in [-0.15, -0.1) is 0 Å². The summed E-state index contributed by atoms with van der Waals surface area (Å²) in [4.78, 5) is 33.7. The van der Waals surface area contributed by atoms with Gasteiger partial charge in [0.1, 0.15) is 11.4 Å². The molecule has 0 radical (unpaired) electrons. The minimum atomic E-state index is -0.457. The molecule has 40 heavy (non-hydrogen) atoms. The van der Waals surface area contributed by atoms with E-state index in [1.807, 2.05) is 51.1 Å². The van der Waals surface area contributed by atoms with Gasteiger partial charge >= 0.3 is 6.09 Å². The lowest BCUT2D eigenvalue weighted by molar-refractivity contribution is -0.0229. The van der Waals surface area contributed by atoms with Gasteiger partial charge in [-0.3, -0.25) is 9.69 Å². The third kappa shape index (κ3) is 4.94. The molecule has 1 N–H and O–H groups in total. The van der Waals surface area contributed by atoms with Crippen LogP contribution in [-0.2, 0) is 10.2 Å². The Labute approximate surface area is 244 Å². The lowest BCUT2D eigenvalue weighted by Crippen LogP contribution is -2.62. The number of carbonyl (C=O) groups excluding carboxylic acids is 2. The van der Waals surface area contributed by atoms with Gasteiger partial charge in [0.2, 0.25) is 0 Å². The summed E-state index contributed by atoms with van der Waals surface area (Å²) in [7, 11) is 0. The summed E-state index contributed by atoms with van der Waals surface area (Å²) in [6, 6.07) is 12.4. The van der Waals surface area contributed by atoms with Gasteiger partial charge in [-0.05, 0) is 88.5 Å². The van der Waals surface area contributed by atoms with Crippen molar-refractivity contribution in [3.05, 3.63) is 63.3 Å². The fourth-order valence-electron chi connectivity index (χ4n) is 6.33. The van der Waals surface area contributed by atoms with E-state index in [9.17, 15) is 9.59 Å². The summed E-state index contributed by atoms with van der Waals surface area (Å²) in [6.07, 6.45) is 1.94. The van der Waals surface area contributed by atoms with Crippen LogP contribution < -0.4 is 4.74 Å². The zero-order valence-electron chi connectivity index (χ0n) is 24.0. The molecule has 0 saturated carbocycles. The van der Waals surface area contributed by atoms with Crippen molar-refractivity contribution in [1.29, 1.82) is 0 Å². The number of hydrogen-bond acceptors (Lipinski definition) is 5. The highest BCUT2D eigenvalue weighted by molar-refractivity contribution is 9.10. The number of hydrogen-bond donors (Lipinski definition) is 1. The smallest absolute Gasteiger partial charge is 0.410 e. The molecule has 3 aromatic rings. The van der Waals surface area contributed by atoms with Gasteiger partial charge in [-0.1, -0.05) is 35.8 Å². The zero-order chi connectivity index (χ0) is 28.4. The van der Waals surface area contributed by atoms with Crippen LogP contribution in [0.2, 0.25) is 0 Å². The Bertz CT molecular complexity index is 1470. The molecular weight excluding hydrogens is 570 g/mol. The number of benzene rings is 2. The molecule has 212 valence electrons. The number of aromatic nitrogens is 1. The molecule has 2 aromatic carbocycles. The van der Waals surface area contributed by atoms with Gasteiger partial charge in [-0.2, -0.15) is 0 Å². The van der Waals surface area contributed by atoms with E-state index in [1.54, 1.807) is 4.90 Å². The van der Waals surface area contributed by atoms with Crippen molar-refractivity contribution in [3.63, 3.8) is 0 Å². The predicted octanol–water partition coefficient (Wildman–Crippen LogP) is 6.51. The number of halogens is 1. The number of amides is 1. The van der Waals surface area contributed by atoms with Crippen LogP contribution in [0.3, 0.4) is 0 Å². The number of ether oxygens (including phenoxy) is 2. The number of aromatic amines is 1. The van der Waals surface area contributed by atoms with Crippen molar-refractivity contribution in [2.24, 2.45) is 5.92 Å². The van der Waals surface area contributed by atoms with Crippen LogP contribution in [0.5, 0.6) is 5.75 Å². The van der Waals surface area contributed by atoms with E-state index < -0.39 is 5.60 Å². The molecular formula is C32H38BrN3O4. The number of carbonyl (C=O) groups is 2. The van der Waals surface area contributed by atoms with Gasteiger partial charge in [0, 0.05) is 51.2 Å². The van der Waals surface area contributed by atoms with Crippen molar-refractivity contribution in [2.45, 2.75) is 64.5 Å². The van der Waals surface area contributed by atoms with Crippen LogP contribution in [-0.4, -0.2) is 71.1 Å². The molecule has 3 heterocycles. The monoisotopic (exact) mass is 607 g/mol. The number of fused-ring (bicyclic) bond motifs is 4. The van der Waals surface area contributed by atoms with Crippen molar-refractivity contribution >= 4 is 38.7 Å². The zero-order valence-corrected chi connectivity index (χ0v) is 25.6. The lowest BCUT2D eigenvalue weighted by atomic mass is 9.71. The summed E-state index contributed by atoms with van der Waals surface area (Å²) in [5.74, 6) is 1.37. The van der Waals surface area contributed by atoms with E-state index in [2.05, 4.69) is 45.7 Å². The van der Waals surface area contributed by atoms with Crippen LogP contribution in [0, 0.1) is 5.92 Å². The average Bonchev–Trinajstić information content (AvgIpc) is 3.25. The highest BCUT2D eigenvalue weighted by Gasteiger charge is 2.40. The average molecular weight is 609 g/mol. The molecule has 0 unspecified atom stereocenters. The van der Waals surface area contributed by atoms with Gasteiger partial charge < -0.3 is 19.4 Å². The molecule has 7 nitrogen and oxygen atoms in total. The first-order chi connectivity index (χ1) is 18.9. The molecule has 8 heteroatoms. The number of H-pyrrole nitrogens is 1. The summed E-state index contributed by atoms with van der Waals surface area (Å²) in [5, 5.41) is 0.966. The van der Waals surface area contributed by atoms with Crippen LogP contribution in [0.15, 0.2) is 40.9 Å². The molecule has 2 aliphatic heterocycles. The molecule has 2 saturated heterocycles. The Morgan fingerprint density at radius 2 is 1.82 bits per heavy atom. The van der Waals surface area contributed by atoms with Gasteiger partial charge in [0.25, 0.3) is 0 Å². The van der Waals surface area contributed by atoms with Crippen LogP contribution in [0.25, 0.3) is 10.9 Å². The minimum Gasteiger partial charge on any atom is -0.493 e. The van der Waals surface area contributed by atoms with Gasteiger partial charge in [0.15, 0.2) is 5.78 Å². The maximum atomic E-state index is 13.6. The SMILES string of the molecule is CC(C)(C)OC(=O)N1CC(N2CCC(COc3ccc4c(c3)C(C)(C)c3[nH]c5cc(Br)ccc5c3C4=O)CC2)C1. The van der Waals surface area contributed by atoms with Crippen molar-refractivity contribution in [1.82, 2.24) is 14.8 Å². The van der Waals surface area contributed by atoms with E-state index in [4.69, 9.17) is 9.47 Å². The highest BCUT2D eigenvalue weighted by Crippen LogP contribution is 2.45.